The quantitative estimate of drug-likeness (QED) is 0.852. The highest BCUT2D eigenvalue weighted by Gasteiger charge is 2.27. The number of rotatable bonds is 4. The van der Waals surface area contributed by atoms with E-state index in [4.69, 9.17) is 4.74 Å². The lowest BCUT2D eigenvalue weighted by Gasteiger charge is -2.33. The molecule has 0 amide bonds. The number of anilines is 1. The van der Waals surface area contributed by atoms with Crippen molar-refractivity contribution in [1.82, 2.24) is 9.97 Å². The van der Waals surface area contributed by atoms with Gasteiger partial charge >= 0.3 is 0 Å². The molecule has 2 heterocycles. The summed E-state index contributed by atoms with van der Waals surface area (Å²) in [7, 11) is 0. The zero-order valence-electron chi connectivity index (χ0n) is 11.1. The van der Waals surface area contributed by atoms with Crippen LogP contribution in [0.3, 0.4) is 0 Å². The van der Waals surface area contributed by atoms with E-state index >= 15 is 0 Å². The van der Waals surface area contributed by atoms with E-state index in [1.54, 1.807) is 0 Å². The van der Waals surface area contributed by atoms with Gasteiger partial charge in [0.05, 0.1) is 0 Å². The third-order valence-corrected chi connectivity index (χ3v) is 3.52. The van der Waals surface area contributed by atoms with Crippen LogP contribution in [0.4, 0.5) is 5.82 Å². The maximum absolute atomic E-state index is 11.4. The molecule has 1 aliphatic rings. The van der Waals surface area contributed by atoms with E-state index in [0.717, 1.165) is 44.8 Å². The molecule has 1 aliphatic heterocycles. The molecule has 100 valence electrons. The van der Waals surface area contributed by atoms with Gasteiger partial charge in [-0.15, -0.1) is 0 Å². The van der Waals surface area contributed by atoms with Crippen molar-refractivity contribution in [1.29, 1.82) is 0 Å². The molecule has 0 saturated carbocycles. The Balaban J connectivity index is 2.01. The van der Waals surface area contributed by atoms with Gasteiger partial charge in [0, 0.05) is 32.2 Å². The fraction of sp³-hybridized carbons (Fsp3) is 0.692. The van der Waals surface area contributed by atoms with E-state index in [1.807, 2.05) is 6.92 Å². The number of H-pyrrole nitrogens is 1. The third-order valence-electron chi connectivity index (χ3n) is 3.52. The van der Waals surface area contributed by atoms with Gasteiger partial charge in [0.25, 0.3) is 5.56 Å². The Labute approximate surface area is 107 Å². The number of hydrogen-bond donors (Lipinski definition) is 2. The molecule has 0 aromatic carbocycles. The highest BCUT2D eigenvalue weighted by molar-refractivity contribution is 5.33. The van der Waals surface area contributed by atoms with Gasteiger partial charge in [0.15, 0.2) is 0 Å². The van der Waals surface area contributed by atoms with Crippen LogP contribution in [0.2, 0.25) is 0 Å². The molecule has 0 unspecified atom stereocenters. The Morgan fingerprint density at radius 2 is 2.22 bits per heavy atom. The molecule has 2 rings (SSSR count). The summed E-state index contributed by atoms with van der Waals surface area (Å²) < 4.78 is 5.37. The predicted molar refractivity (Wildman–Crippen MR) is 70.9 cm³/mol. The van der Waals surface area contributed by atoms with Crippen molar-refractivity contribution in [2.75, 3.05) is 25.1 Å². The number of hydrogen-bond acceptors (Lipinski definition) is 4. The fourth-order valence-electron chi connectivity index (χ4n) is 2.11. The van der Waals surface area contributed by atoms with E-state index < -0.39 is 0 Å². The van der Waals surface area contributed by atoms with Gasteiger partial charge in [-0.1, -0.05) is 13.8 Å². The first-order chi connectivity index (χ1) is 8.61. The van der Waals surface area contributed by atoms with Crippen molar-refractivity contribution in [2.24, 2.45) is 5.41 Å². The minimum Gasteiger partial charge on any atom is -0.381 e. The van der Waals surface area contributed by atoms with E-state index in [1.165, 1.54) is 6.07 Å². The average molecular weight is 251 g/mol. The summed E-state index contributed by atoms with van der Waals surface area (Å²) in [5.41, 5.74) is 0.135. The molecule has 0 radical (unpaired) electrons. The lowest BCUT2D eigenvalue weighted by molar-refractivity contribution is 0.0299. The molecule has 5 nitrogen and oxygen atoms in total. The fourth-order valence-corrected chi connectivity index (χ4v) is 2.11. The SMILES string of the molecule is CCc1nc(NCC2(C)CCOCC2)cc(=O)[nH]1. The van der Waals surface area contributed by atoms with Crippen LogP contribution in [0.15, 0.2) is 10.9 Å². The minimum absolute atomic E-state index is 0.0959. The third kappa shape index (κ3) is 3.32. The van der Waals surface area contributed by atoms with Gasteiger partial charge in [-0.25, -0.2) is 4.98 Å². The van der Waals surface area contributed by atoms with E-state index in [9.17, 15) is 4.79 Å². The van der Waals surface area contributed by atoms with Crippen LogP contribution >= 0.6 is 0 Å². The highest BCUT2D eigenvalue weighted by atomic mass is 16.5. The largest absolute Gasteiger partial charge is 0.381 e. The summed E-state index contributed by atoms with van der Waals surface area (Å²) >= 11 is 0. The predicted octanol–water partition coefficient (Wildman–Crippen LogP) is 1.56. The number of ether oxygens (including phenoxy) is 1. The standard InChI is InChI=1S/C13H21N3O2/c1-3-10-15-11(8-12(17)16-10)14-9-13(2)4-6-18-7-5-13/h8H,3-7,9H2,1-2H3,(H2,14,15,16,17). The zero-order valence-corrected chi connectivity index (χ0v) is 11.1. The van der Waals surface area contributed by atoms with E-state index in [2.05, 4.69) is 22.2 Å². The first-order valence-corrected chi connectivity index (χ1v) is 6.53. The molecule has 1 aromatic heterocycles. The topological polar surface area (TPSA) is 67.0 Å². The molecule has 1 fully saturated rings. The zero-order chi connectivity index (χ0) is 13.0. The summed E-state index contributed by atoms with van der Waals surface area (Å²) in [6.45, 7) is 6.69. The lowest BCUT2D eigenvalue weighted by atomic mass is 9.82. The van der Waals surface area contributed by atoms with Crippen molar-refractivity contribution in [3.8, 4) is 0 Å². The van der Waals surface area contributed by atoms with Crippen LogP contribution in [0.1, 0.15) is 32.5 Å². The van der Waals surface area contributed by atoms with Crippen LogP contribution in [-0.4, -0.2) is 29.7 Å². The van der Waals surface area contributed by atoms with Crippen molar-refractivity contribution in [3.63, 3.8) is 0 Å². The van der Waals surface area contributed by atoms with Crippen LogP contribution in [0.5, 0.6) is 0 Å². The Hall–Kier alpha value is -1.36. The molecule has 0 bridgehead atoms. The molecule has 18 heavy (non-hydrogen) atoms. The molecule has 1 saturated heterocycles. The summed E-state index contributed by atoms with van der Waals surface area (Å²) in [5.74, 6) is 1.39. The Morgan fingerprint density at radius 1 is 1.50 bits per heavy atom. The van der Waals surface area contributed by atoms with Crippen LogP contribution in [0, 0.1) is 5.41 Å². The normalized spacial score (nSPS) is 18.6. The van der Waals surface area contributed by atoms with Crippen molar-refractivity contribution in [3.05, 3.63) is 22.2 Å². The smallest absolute Gasteiger partial charge is 0.252 e. The minimum atomic E-state index is -0.0959. The molecule has 0 aliphatic carbocycles. The van der Waals surface area contributed by atoms with E-state index in [-0.39, 0.29) is 11.0 Å². The van der Waals surface area contributed by atoms with Crippen LogP contribution < -0.4 is 10.9 Å². The summed E-state index contributed by atoms with van der Waals surface area (Å²) in [4.78, 5) is 18.5. The second-order valence-corrected chi connectivity index (χ2v) is 5.21. The lowest BCUT2D eigenvalue weighted by Crippen LogP contribution is -2.33. The molecule has 5 heteroatoms. The van der Waals surface area contributed by atoms with Crippen LogP contribution in [0.25, 0.3) is 0 Å². The Bertz CT molecular complexity index is 450. The Morgan fingerprint density at radius 3 is 2.89 bits per heavy atom. The number of aryl methyl sites for hydroxylation is 1. The van der Waals surface area contributed by atoms with Gasteiger partial charge in [-0.2, -0.15) is 0 Å². The number of aromatic amines is 1. The average Bonchev–Trinajstić information content (AvgIpc) is 2.37. The van der Waals surface area contributed by atoms with Crippen molar-refractivity contribution >= 4 is 5.82 Å². The van der Waals surface area contributed by atoms with Gasteiger partial charge in [-0.05, 0) is 18.3 Å². The maximum Gasteiger partial charge on any atom is 0.252 e. The molecular weight excluding hydrogens is 230 g/mol. The summed E-state index contributed by atoms with van der Waals surface area (Å²) in [5, 5.41) is 3.28. The van der Waals surface area contributed by atoms with E-state index in [0.29, 0.717) is 5.82 Å². The molecule has 0 atom stereocenters. The van der Waals surface area contributed by atoms with Crippen molar-refractivity contribution < 1.29 is 4.74 Å². The Kier molecular flexibility index (Phi) is 4.01. The van der Waals surface area contributed by atoms with Gasteiger partial charge in [0.1, 0.15) is 11.6 Å². The molecule has 0 spiro atoms. The number of aromatic nitrogens is 2. The number of nitrogens with zero attached hydrogens (tertiary/aromatic N) is 1. The van der Waals surface area contributed by atoms with Crippen LogP contribution in [-0.2, 0) is 11.2 Å². The monoisotopic (exact) mass is 251 g/mol. The van der Waals surface area contributed by atoms with Gasteiger partial charge < -0.3 is 15.0 Å². The molecule has 1 aromatic rings. The highest BCUT2D eigenvalue weighted by Crippen LogP contribution is 2.29. The molecule has 2 N–H and O–H groups in total. The second-order valence-electron chi connectivity index (χ2n) is 5.21. The first kappa shape index (κ1) is 13.1. The van der Waals surface area contributed by atoms with Gasteiger partial charge in [-0.3, -0.25) is 4.79 Å². The molecular formula is C13H21N3O2. The first-order valence-electron chi connectivity index (χ1n) is 6.53. The van der Waals surface area contributed by atoms with Gasteiger partial charge in [0.2, 0.25) is 0 Å². The van der Waals surface area contributed by atoms with Crippen molar-refractivity contribution in [2.45, 2.75) is 33.1 Å². The maximum atomic E-state index is 11.4. The number of nitrogens with one attached hydrogen (secondary N) is 2. The summed E-state index contributed by atoms with van der Waals surface area (Å²) in [6.07, 6.45) is 2.82. The summed E-state index contributed by atoms with van der Waals surface area (Å²) in [6, 6.07) is 1.52. The second kappa shape index (κ2) is 5.52.